The van der Waals surface area contributed by atoms with Crippen LogP contribution in [0.25, 0.3) is 0 Å². The highest BCUT2D eigenvalue weighted by atomic mass is 35.5. The molecule has 0 spiro atoms. The number of amides is 1. The minimum Gasteiger partial charge on any atom is -0.490 e. The van der Waals surface area contributed by atoms with Crippen molar-refractivity contribution in [2.24, 2.45) is 5.92 Å². The molecule has 3 aromatic carbocycles. The highest BCUT2D eigenvalue weighted by Crippen LogP contribution is 2.52. The Labute approximate surface area is 215 Å². The van der Waals surface area contributed by atoms with E-state index >= 15 is 0 Å². The molecule has 0 saturated carbocycles. The summed E-state index contributed by atoms with van der Waals surface area (Å²) in [7, 11) is 0. The van der Waals surface area contributed by atoms with Crippen LogP contribution < -0.4 is 25.0 Å². The molecule has 5 rings (SSSR count). The number of carbonyl (C=O) groups excluding carboxylic acids is 1. The molecule has 0 radical (unpaired) electrons. The van der Waals surface area contributed by atoms with E-state index in [9.17, 15) is 4.79 Å². The fraction of sp³-hybridized carbons (Fsp3) is 0.259. The van der Waals surface area contributed by atoms with E-state index in [4.69, 9.17) is 33.3 Å². The summed E-state index contributed by atoms with van der Waals surface area (Å²) in [6, 6.07) is 20.3. The minimum absolute atomic E-state index is 0.195. The van der Waals surface area contributed by atoms with E-state index in [1.54, 1.807) is 24.3 Å². The molecule has 3 atom stereocenters. The van der Waals surface area contributed by atoms with Crippen LogP contribution in [-0.2, 0) is 4.79 Å². The summed E-state index contributed by atoms with van der Waals surface area (Å²) in [5.41, 5.74) is 2.27. The van der Waals surface area contributed by atoms with Gasteiger partial charge in [-0.1, -0.05) is 35.9 Å². The Bertz CT molecular complexity index is 1300. The lowest BCUT2D eigenvalue weighted by Crippen LogP contribution is -2.72. The lowest BCUT2D eigenvalue weighted by Gasteiger charge is -2.56. The fourth-order valence-electron chi connectivity index (χ4n) is 4.95. The van der Waals surface area contributed by atoms with E-state index in [-0.39, 0.29) is 5.91 Å². The van der Waals surface area contributed by atoms with Crippen LogP contribution in [0.4, 0.5) is 11.4 Å². The third-order valence-electron chi connectivity index (χ3n) is 6.44. The molecular formula is C27H26ClN3O3S. The molecule has 180 valence electrons. The molecule has 2 aliphatic heterocycles. The molecule has 35 heavy (non-hydrogen) atoms. The smallest absolute Gasteiger partial charge is 0.236 e. The van der Waals surface area contributed by atoms with Crippen molar-refractivity contribution >= 4 is 46.2 Å². The first kappa shape index (κ1) is 23.5. The zero-order chi connectivity index (χ0) is 24.7. The molecule has 3 aromatic rings. The maximum absolute atomic E-state index is 13.9. The normalized spacial score (nSPS) is 22.5. The molecule has 2 aliphatic rings. The number of halogens is 1. The molecule has 2 heterocycles. The molecule has 2 bridgehead atoms. The van der Waals surface area contributed by atoms with Crippen molar-refractivity contribution in [1.82, 2.24) is 5.32 Å². The monoisotopic (exact) mass is 507 g/mol. The Hall–Kier alpha value is -3.29. The van der Waals surface area contributed by atoms with Crippen LogP contribution >= 0.6 is 23.8 Å². The molecule has 0 aliphatic carbocycles. The number of anilines is 2. The summed E-state index contributed by atoms with van der Waals surface area (Å²) in [4.78, 5) is 15.8. The van der Waals surface area contributed by atoms with E-state index < -0.39 is 17.7 Å². The van der Waals surface area contributed by atoms with Crippen LogP contribution in [-0.4, -0.2) is 23.4 Å². The van der Waals surface area contributed by atoms with Crippen LogP contribution in [0.2, 0.25) is 5.02 Å². The first-order valence-corrected chi connectivity index (χ1v) is 12.3. The lowest BCUT2D eigenvalue weighted by atomic mass is 9.78. The van der Waals surface area contributed by atoms with Crippen LogP contribution in [0.15, 0.2) is 66.7 Å². The van der Waals surface area contributed by atoms with E-state index in [2.05, 4.69) is 10.6 Å². The van der Waals surface area contributed by atoms with Crippen molar-refractivity contribution in [2.75, 3.05) is 16.8 Å². The first-order chi connectivity index (χ1) is 16.8. The number of nitrogens with one attached hydrogen (secondary N) is 2. The molecule has 8 heteroatoms. The number of rotatable bonds is 5. The number of fused-ring (bicyclic) bond motifs is 4. The van der Waals surface area contributed by atoms with Crippen LogP contribution in [0, 0.1) is 12.8 Å². The lowest BCUT2D eigenvalue weighted by molar-refractivity contribution is -0.130. The predicted molar refractivity (Wildman–Crippen MR) is 142 cm³/mol. The quantitative estimate of drug-likeness (QED) is 0.423. The van der Waals surface area contributed by atoms with Crippen molar-refractivity contribution < 1.29 is 14.3 Å². The second-order valence-electron chi connectivity index (χ2n) is 8.84. The number of thiocarbonyl (C=S) groups is 1. The van der Waals surface area contributed by atoms with Gasteiger partial charge in [-0.05, 0) is 81.0 Å². The maximum atomic E-state index is 13.9. The molecule has 1 saturated heterocycles. The molecular weight excluding hydrogens is 482 g/mol. The summed E-state index contributed by atoms with van der Waals surface area (Å²) < 4.78 is 12.6. The van der Waals surface area contributed by atoms with E-state index in [1.807, 2.05) is 68.1 Å². The SMILES string of the molecule is CCOc1cccc2c1O[C@]1(C)[C@H](C(=O)Nc3ccc(Cl)cc3)[C@@H]2NC(=S)N1c1cccc(C)c1. The molecule has 0 aromatic heterocycles. The summed E-state index contributed by atoms with van der Waals surface area (Å²) in [6.45, 7) is 6.35. The molecule has 1 fully saturated rings. The predicted octanol–water partition coefficient (Wildman–Crippen LogP) is 5.85. The second kappa shape index (κ2) is 9.06. The van der Waals surface area contributed by atoms with Gasteiger partial charge in [-0.3, -0.25) is 9.69 Å². The molecule has 1 amide bonds. The third kappa shape index (κ3) is 4.09. The molecule has 0 unspecified atom stereocenters. The fourth-order valence-corrected chi connectivity index (χ4v) is 5.49. The first-order valence-electron chi connectivity index (χ1n) is 11.5. The summed E-state index contributed by atoms with van der Waals surface area (Å²) in [6.07, 6.45) is 0. The molecule has 2 N–H and O–H groups in total. The largest absolute Gasteiger partial charge is 0.490 e. The van der Waals surface area contributed by atoms with Crippen molar-refractivity contribution in [3.63, 3.8) is 0 Å². The van der Waals surface area contributed by atoms with Gasteiger partial charge in [0.15, 0.2) is 22.3 Å². The van der Waals surface area contributed by atoms with Gasteiger partial charge >= 0.3 is 0 Å². The van der Waals surface area contributed by atoms with Gasteiger partial charge in [0.25, 0.3) is 0 Å². The third-order valence-corrected chi connectivity index (χ3v) is 7.00. The highest BCUT2D eigenvalue weighted by molar-refractivity contribution is 7.80. The second-order valence-corrected chi connectivity index (χ2v) is 9.66. The van der Waals surface area contributed by atoms with Crippen LogP contribution in [0.1, 0.15) is 31.0 Å². The number of para-hydroxylation sites is 1. The van der Waals surface area contributed by atoms with Gasteiger partial charge in [0, 0.05) is 22.0 Å². The van der Waals surface area contributed by atoms with Crippen molar-refractivity contribution in [1.29, 1.82) is 0 Å². The Morgan fingerprint density at radius 1 is 1.20 bits per heavy atom. The van der Waals surface area contributed by atoms with Crippen LogP contribution in [0.5, 0.6) is 11.5 Å². The number of carbonyl (C=O) groups is 1. The number of benzene rings is 3. The van der Waals surface area contributed by atoms with Gasteiger partial charge in [0.2, 0.25) is 5.91 Å². The zero-order valence-corrected chi connectivity index (χ0v) is 21.2. The number of aryl methyl sites for hydroxylation is 1. The van der Waals surface area contributed by atoms with Gasteiger partial charge in [0.1, 0.15) is 5.92 Å². The number of hydrogen-bond acceptors (Lipinski definition) is 4. The van der Waals surface area contributed by atoms with Crippen molar-refractivity contribution in [3.05, 3.63) is 82.9 Å². The Morgan fingerprint density at radius 2 is 1.94 bits per heavy atom. The van der Waals surface area contributed by atoms with Crippen molar-refractivity contribution in [3.8, 4) is 11.5 Å². The van der Waals surface area contributed by atoms with Crippen molar-refractivity contribution in [2.45, 2.75) is 32.5 Å². The van der Waals surface area contributed by atoms with E-state index in [0.29, 0.717) is 33.9 Å². The zero-order valence-electron chi connectivity index (χ0n) is 19.7. The number of hydrogen-bond donors (Lipinski definition) is 2. The van der Waals surface area contributed by atoms with Gasteiger partial charge in [-0.15, -0.1) is 0 Å². The average Bonchev–Trinajstić information content (AvgIpc) is 2.81. The Morgan fingerprint density at radius 3 is 2.66 bits per heavy atom. The molecule has 6 nitrogen and oxygen atoms in total. The number of ether oxygens (including phenoxy) is 2. The summed E-state index contributed by atoms with van der Waals surface area (Å²) >= 11 is 11.9. The number of nitrogens with zero attached hydrogens (tertiary/aromatic N) is 1. The average molecular weight is 508 g/mol. The Balaban J connectivity index is 1.64. The Kier molecular flexibility index (Phi) is 6.07. The topological polar surface area (TPSA) is 62.8 Å². The minimum atomic E-state index is -1.13. The van der Waals surface area contributed by atoms with E-state index in [1.165, 1.54) is 0 Å². The standard InChI is InChI=1S/C27H26ClN3O3S/c1-4-33-21-10-6-9-20-23-22(25(32)29-18-13-11-17(28)12-14-18)27(3,34-24(20)21)31(26(35)30-23)19-8-5-7-16(2)15-19/h5-15,22-23H,4H2,1-3H3,(H,29,32)(H,30,35)/t22-,23+,27+/m0/s1. The van der Waals surface area contributed by atoms with Gasteiger partial charge < -0.3 is 20.1 Å². The summed E-state index contributed by atoms with van der Waals surface area (Å²) in [5.74, 6) is 0.413. The van der Waals surface area contributed by atoms with Crippen LogP contribution in [0.3, 0.4) is 0 Å². The van der Waals surface area contributed by atoms with Gasteiger partial charge in [0.05, 0.1) is 12.6 Å². The summed E-state index contributed by atoms with van der Waals surface area (Å²) in [5, 5.41) is 7.57. The maximum Gasteiger partial charge on any atom is 0.236 e. The van der Waals surface area contributed by atoms with E-state index in [0.717, 1.165) is 16.8 Å². The highest BCUT2D eigenvalue weighted by Gasteiger charge is 2.59. The van der Waals surface area contributed by atoms with Gasteiger partial charge in [-0.25, -0.2) is 0 Å². The van der Waals surface area contributed by atoms with Gasteiger partial charge in [-0.2, -0.15) is 0 Å².